The van der Waals surface area contributed by atoms with Gasteiger partial charge in [-0.3, -0.25) is 0 Å². The van der Waals surface area contributed by atoms with E-state index in [0.717, 1.165) is 12.8 Å². The number of carbonyl (C=O) groups is 2. The molecule has 0 aliphatic carbocycles. The van der Waals surface area contributed by atoms with E-state index in [0.29, 0.717) is 13.1 Å². The second kappa shape index (κ2) is 5.25. The molecule has 2 N–H and O–H groups in total. The first-order chi connectivity index (χ1) is 7.78. The largest absolute Gasteiger partial charge is 0.465 e. The standard InChI is InChI=1S/C11H20N2O4/c1-11(2,3)17-9(14)12-8-5-4-6-13(7-8)10(15)16/h8H,4-7H2,1-3H3,(H,12,14)(H,15,16)/t8-/m1/s1. The first-order valence-corrected chi connectivity index (χ1v) is 5.75. The van der Waals surface area contributed by atoms with Gasteiger partial charge in [-0.05, 0) is 33.6 Å². The number of alkyl carbamates (subject to hydrolysis) is 1. The van der Waals surface area contributed by atoms with Gasteiger partial charge in [-0.2, -0.15) is 0 Å². The highest BCUT2D eigenvalue weighted by atomic mass is 16.6. The number of rotatable bonds is 1. The van der Waals surface area contributed by atoms with Gasteiger partial charge in [0.05, 0.1) is 0 Å². The SMILES string of the molecule is CC(C)(C)OC(=O)N[C@@H]1CCCN(C(=O)O)C1. The van der Waals surface area contributed by atoms with E-state index >= 15 is 0 Å². The molecule has 0 aromatic rings. The summed E-state index contributed by atoms with van der Waals surface area (Å²) in [6.45, 7) is 6.22. The monoisotopic (exact) mass is 244 g/mol. The van der Waals surface area contributed by atoms with Crippen molar-refractivity contribution in [2.75, 3.05) is 13.1 Å². The van der Waals surface area contributed by atoms with Crippen molar-refractivity contribution in [3.05, 3.63) is 0 Å². The van der Waals surface area contributed by atoms with Crippen molar-refractivity contribution in [1.29, 1.82) is 0 Å². The molecule has 17 heavy (non-hydrogen) atoms. The zero-order valence-corrected chi connectivity index (χ0v) is 10.5. The first kappa shape index (κ1) is 13.6. The van der Waals surface area contributed by atoms with Crippen LogP contribution in [0.3, 0.4) is 0 Å². The molecule has 6 heteroatoms. The Morgan fingerprint density at radius 1 is 1.41 bits per heavy atom. The minimum Gasteiger partial charge on any atom is -0.465 e. The smallest absolute Gasteiger partial charge is 0.407 e. The molecule has 0 bridgehead atoms. The van der Waals surface area contributed by atoms with Gasteiger partial charge in [-0.25, -0.2) is 9.59 Å². The van der Waals surface area contributed by atoms with Gasteiger partial charge in [0.15, 0.2) is 0 Å². The molecule has 0 aromatic heterocycles. The number of carboxylic acid groups (broad SMARTS) is 1. The van der Waals surface area contributed by atoms with Crippen molar-refractivity contribution in [2.45, 2.75) is 45.3 Å². The predicted octanol–water partition coefficient (Wildman–Crippen LogP) is 1.65. The Hall–Kier alpha value is -1.46. The Kier molecular flexibility index (Phi) is 4.20. The lowest BCUT2D eigenvalue weighted by Crippen LogP contribution is -2.50. The van der Waals surface area contributed by atoms with Crippen molar-refractivity contribution in [2.24, 2.45) is 0 Å². The molecule has 1 atom stereocenters. The molecule has 0 spiro atoms. The molecule has 98 valence electrons. The van der Waals surface area contributed by atoms with Gasteiger partial charge in [0.25, 0.3) is 0 Å². The van der Waals surface area contributed by atoms with Crippen molar-refractivity contribution in [3.63, 3.8) is 0 Å². The second-order valence-electron chi connectivity index (χ2n) is 5.21. The Labute approximate surface area is 101 Å². The summed E-state index contributed by atoms with van der Waals surface area (Å²) in [5.41, 5.74) is -0.536. The van der Waals surface area contributed by atoms with Crippen LogP contribution in [0, 0.1) is 0 Å². The van der Waals surface area contributed by atoms with Crippen LogP contribution in [-0.4, -0.2) is 46.9 Å². The van der Waals surface area contributed by atoms with E-state index in [2.05, 4.69) is 5.32 Å². The average Bonchev–Trinajstić information content (AvgIpc) is 2.14. The summed E-state index contributed by atoms with van der Waals surface area (Å²) in [5, 5.41) is 11.6. The summed E-state index contributed by atoms with van der Waals surface area (Å²) in [5.74, 6) is 0. The zero-order chi connectivity index (χ0) is 13.1. The fourth-order valence-electron chi connectivity index (χ4n) is 1.74. The molecule has 1 aliphatic rings. The number of ether oxygens (including phenoxy) is 1. The molecule has 1 heterocycles. The highest BCUT2D eigenvalue weighted by molar-refractivity contribution is 5.69. The highest BCUT2D eigenvalue weighted by Gasteiger charge is 2.26. The maximum atomic E-state index is 11.5. The number of piperidine rings is 1. The predicted molar refractivity (Wildman–Crippen MR) is 62.0 cm³/mol. The molecule has 2 amide bonds. The van der Waals surface area contributed by atoms with Crippen LogP contribution in [-0.2, 0) is 4.74 Å². The molecule has 1 rings (SSSR count). The molecule has 1 aliphatic heterocycles. The van der Waals surface area contributed by atoms with Gasteiger partial charge < -0.3 is 20.1 Å². The van der Waals surface area contributed by atoms with Crippen LogP contribution < -0.4 is 5.32 Å². The quantitative estimate of drug-likeness (QED) is 0.735. The fraction of sp³-hybridized carbons (Fsp3) is 0.818. The lowest BCUT2D eigenvalue weighted by Gasteiger charge is -2.31. The maximum absolute atomic E-state index is 11.5. The first-order valence-electron chi connectivity index (χ1n) is 5.75. The summed E-state index contributed by atoms with van der Waals surface area (Å²) >= 11 is 0. The van der Waals surface area contributed by atoms with Crippen molar-refractivity contribution in [1.82, 2.24) is 10.2 Å². The lowest BCUT2D eigenvalue weighted by atomic mass is 10.1. The highest BCUT2D eigenvalue weighted by Crippen LogP contribution is 2.12. The minimum atomic E-state index is -0.944. The van der Waals surface area contributed by atoms with E-state index in [1.165, 1.54) is 4.90 Å². The zero-order valence-electron chi connectivity index (χ0n) is 10.5. The fourth-order valence-corrected chi connectivity index (χ4v) is 1.74. The van der Waals surface area contributed by atoms with Gasteiger partial charge in [0.1, 0.15) is 5.60 Å². The molecule has 0 saturated carbocycles. The molecule has 1 fully saturated rings. The number of amides is 2. The van der Waals surface area contributed by atoms with E-state index in [4.69, 9.17) is 9.84 Å². The summed E-state index contributed by atoms with van der Waals surface area (Å²) < 4.78 is 5.12. The van der Waals surface area contributed by atoms with Gasteiger partial charge in [-0.1, -0.05) is 0 Å². The van der Waals surface area contributed by atoms with Crippen molar-refractivity contribution >= 4 is 12.2 Å². The third kappa shape index (κ3) is 4.93. The molecule has 0 aromatic carbocycles. The number of nitrogens with one attached hydrogen (secondary N) is 1. The van der Waals surface area contributed by atoms with Gasteiger partial charge >= 0.3 is 12.2 Å². The van der Waals surface area contributed by atoms with E-state index in [1.54, 1.807) is 20.8 Å². The minimum absolute atomic E-state index is 0.158. The van der Waals surface area contributed by atoms with Crippen LogP contribution >= 0.6 is 0 Å². The lowest BCUT2D eigenvalue weighted by molar-refractivity contribution is 0.0469. The van der Waals surface area contributed by atoms with Crippen LogP contribution in [0.15, 0.2) is 0 Å². The maximum Gasteiger partial charge on any atom is 0.407 e. The topological polar surface area (TPSA) is 78.9 Å². The van der Waals surface area contributed by atoms with Crippen LogP contribution in [0.4, 0.5) is 9.59 Å². The third-order valence-corrected chi connectivity index (χ3v) is 2.41. The van der Waals surface area contributed by atoms with E-state index in [9.17, 15) is 9.59 Å². The van der Waals surface area contributed by atoms with Crippen LogP contribution in [0.25, 0.3) is 0 Å². The normalized spacial score (nSPS) is 20.9. The van der Waals surface area contributed by atoms with E-state index in [1.807, 2.05) is 0 Å². The van der Waals surface area contributed by atoms with E-state index < -0.39 is 17.8 Å². The Bertz CT molecular complexity index is 298. The van der Waals surface area contributed by atoms with E-state index in [-0.39, 0.29) is 6.04 Å². The summed E-state index contributed by atoms with van der Waals surface area (Å²) in [4.78, 5) is 23.6. The van der Waals surface area contributed by atoms with Crippen LogP contribution in [0.5, 0.6) is 0 Å². The summed E-state index contributed by atoms with van der Waals surface area (Å²) in [6, 6.07) is -0.158. The molecular weight excluding hydrogens is 224 g/mol. The molecular formula is C11H20N2O4. The average molecular weight is 244 g/mol. The number of carbonyl (C=O) groups excluding carboxylic acids is 1. The number of likely N-dealkylation sites (tertiary alicyclic amines) is 1. The van der Waals surface area contributed by atoms with Gasteiger partial charge in [-0.15, -0.1) is 0 Å². The Balaban J connectivity index is 2.41. The summed E-state index contributed by atoms with van der Waals surface area (Å²) in [7, 11) is 0. The Morgan fingerprint density at radius 3 is 2.59 bits per heavy atom. The molecule has 6 nitrogen and oxygen atoms in total. The van der Waals surface area contributed by atoms with Crippen molar-refractivity contribution in [3.8, 4) is 0 Å². The number of hydrogen-bond donors (Lipinski definition) is 2. The van der Waals surface area contributed by atoms with Gasteiger partial charge in [0, 0.05) is 19.1 Å². The van der Waals surface area contributed by atoms with Gasteiger partial charge in [0.2, 0.25) is 0 Å². The Morgan fingerprint density at radius 2 is 2.06 bits per heavy atom. The molecule has 0 unspecified atom stereocenters. The van der Waals surface area contributed by atoms with Crippen molar-refractivity contribution < 1.29 is 19.4 Å². The molecule has 0 radical (unpaired) electrons. The third-order valence-electron chi connectivity index (χ3n) is 2.41. The molecule has 1 saturated heterocycles. The number of hydrogen-bond acceptors (Lipinski definition) is 3. The van der Waals surface area contributed by atoms with Crippen LogP contribution in [0.1, 0.15) is 33.6 Å². The second-order valence-corrected chi connectivity index (χ2v) is 5.21. The number of nitrogens with zero attached hydrogens (tertiary/aromatic N) is 1. The summed E-state index contributed by atoms with van der Waals surface area (Å²) in [6.07, 6.45) is 0.103. The van der Waals surface area contributed by atoms with Crippen LogP contribution in [0.2, 0.25) is 0 Å².